The number of hydrogen-bond acceptors (Lipinski definition) is 4. The highest BCUT2D eigenvalue weighted by molar-refractivity contribution is 6.24. The molecule has 0 saturated heterocycles. The van der Waals surface area contributed by atoms with E-state index in [-0.39, 0.29) is 0 Å². The summed E-state index contributed by atoms with van der Waals surface area (Å²) in [4.78, 5) is 0. The lowest BCUT2D eigenvalue weighted by molar-refractivity contribution is 0.315. The van der Waals surface area contributed by atoms with Crippen molar-refractivity contribution in [2.45, 2.75) is 0 Å². The second-order valence-corrected chi connectivity index (χ2v) is 2.57. The van der Waals surface area contributed by atoms with Crippen molar-refractivity contribution in [1.82, 2.24) is 5.32 Å². The minimum Gasteiger partial charge on any atom is -0.409 e. The van der Waals surface area contributed by atoms with Crippen molar-refractivity contribution in [2.75, 3.05) is 0 Å². The molecule has 0 unspecified atom stereocenters. The molecule has 0 bridgehead atoms. The molecule has 0 radical (unpaired) electrons. The molecule has 2 rings (SSSR count). The summed E-state index contributed by atoms with van der Waals surface area (Å²) in [5, 5.41) is 26.0. The summed E-state index contributed by atoms with van der Waals surface area (Å²) in [6.45, 7) is 0. The number of benzene rings is 1. The van der Waals surface area contributed by atoms with Crippen LogP contribution >= 0.6 is 0 Å². The first-order chi connectivity index (χ1) is 6.36. The van der Waals surface area contributed by atoms with E-state index in [0.29, 0.717) is 11.7 Å². The SMILES string of the molecule is O/N=C1\N/C(=N\O)c2ccccc21. The van der Waals surface area contributed by atoms with E-state index in [1.165, 1.54) is 0 Å². The molecule has 1 aliphatic rings. The van der Waals surface area contributed by atoms with Gasteiger partial charge < -0.3 is 15.7 Å². The summed E-state index contributed by atoms with van der Waals surface area (Å²) < 4.78 is 0. The first kappa shape index (κ1) is 7.60. The third kappa shape index (κ3) is 1.01. The summed E-state index contributed by atoms with van der Waals surface area (Å²) in [7, 11) is 0. The number of hydrogen-bond donors (Lipinski definition) is 3. The Kier molecular flexibility index (Phi) is 1.63. The van der Waals surface area contributed by atoms with Crippen LogP contribution in [0.4, 0.5) is 0 Å². The Hall–Kier alpha value is -2.04. The molecule has 0 fully saturated rings. The van der Waals surface area contributed by atoms with Gasteiger partial charge in [0.15, 0.2) is 11.7 Å². The highest BCUT2D eigenvalue weighted by atomic mass is 16.4. The third-order valence-corrected chi connectivity index (χ3v) is 1.87. The van der Waals surface area contributed by atoms with Gasteiger partial charge >= 0.3 is 0 Å². The number of nitrogens with one attached hydrogen (secondary N) is 1. The van der Waals surface area contributed by atoms with Crippen LogP contribution in [0.25, 0.3) is 0 Å². The molecule has 0 amide bonds. The normalized spacial score (nSPS) is 20.3. The summed E-state index contributed by atoms with van der Waals surface area (Å²) in [6, 6.07) is 7.17. The van der Waals surface area contributed by atoms with Crippen molar-refractivity contribution in [1.29, 1.82) is 0 Å². The molecule has 66 valence electrons. The molecule has 3 N–H and O–H groups in total. The molecule has 5 nitrogen and oxygen atoms in total. The lowest BCUT2D eigenvalue weighted by Crippen LogP contribution is -2.22. The van der Waals surface area contributed by atoms with Gasteiger partial charge in [-0.3, -0.25) is 0 Å². The van der Waals surface area contributed by atoms with Crippen molar-refractivity contribution < 1.29 is 10.4 Å². The van der Waals surface area contributed by atoms with Crippen molar-refractivity contribution in [3.63, 3.8) is 0 Å². The molecule has 13 heavy (non-hydrogen) atoms. The fraction of sp³-hybridized carbons (Fsp3) is 0. The van der Waals surface area contributed by atoms with Crippen LogP contribution < -0.4 is 5.32 Å². The average molecular weight is 177 g/mol. The Morgan fingerprint density at radius 2 is 1.38 bits per heavy atom. The Morgan fingerprint density at radius 3 is 1.77 bits per heavy atom. The van der Waals surface area contributed by atoms with Gasteiger partial charge in [0.2, 0.25) is 0 Å². The van der Waals surface area contributed by atoms with Crippen LogP contribution in [0.2, 0.25) is 0 Å². The first-order valence-corrected chi connectivity index (χ1v) is 3.67. The van der Waals surface area contributed by atoms with Crippen LogP contribution in [0.15, 0.2) is 34.6 Å². The predicted octanol–water partition coefficient (Wildman–Crippen LogP) is 0.561. The zero-order chi connectivity index (χ0) is 9.26. The molecule has 1 aliphatic heterocycles. The molecule has 0 spiro atoms. The molecule has 1 heterocycles. The first-order valence-electron chi connectivity index (χ1n) is 3.67. The Morgan fingerprint density at radius 1 is 0.923 bits per heavy atom. The Labute approximate surface area is 74.0 Å². The van der Waals surface area contributed by atoms with E-state index in [0.717, 1.165) is 11.1 Å². The lowest BCUT2D eigenvalue weighted by Gasteiger charge is -1.92. The molecule has 0 aliphatic carbocycles. The number of oxime groups is 2. The van der Waals surface area contributed by atoms with E-state index in [2.05, 4.69) is 15.6 Å². The quantitative estimate of drug-likeness (QED) is 0.400. The third-order valence-electron chi connectivity index (χ3n) is 1.87. The second-order valence-electron chi connectivity index (χ2n) is 2.57. The van der Waals surface area contributed by atoms with Gasteiger partial charge in [0.05, 0.1) is 0 Å². The molecular formula is C8H7N3O2. The fourth-order valence-electron chi connectivity index (χ4n) is 1.30. The zero-order valence-corrected chi connectivity index (χ0v) is 6.60. The van der Waals surface area contributed by atoms with E-state index in [1.54, 1.807) is 12.1 Å². The zero-order valence-electron chi connectivity index (χ0n) is 6.60. The highest BCUT2D eigenvalue weighted by Gasteiger charge is 2.23. The summed E-state index contributed by atoms with van der Waals surface area (Å²) in [6.07, 6.45) is 0. The smallest absolute Gasteiger partial charge is 0.179 e. The van der Waals surface area contributed by atoms with Gasteiger partial charge in [-0.25, -0.2) is 0 Å². The number of fused-ring (bicyclic) bond motifs is 1. The van der Waals surface area contributed by atoms with E-state index in [9.17, 15) is 0 Å². The van der Waals surface area contributed by atoms with Gasteiger partial charge in [-0.05, 0) is 0 Å². The largest absolute Gasteiger partial charge is 0.409 e. The summed E-state index contributed by atoms with van der Waals surface area (Å²) >= 11 is 0. The molecule has 1 aromatic carbocycles. The minimum absolute atomic E-state index is 0.295. The van der Waals surface area contributed by atoms with Gasteiger partial charge in [0.25, 0.3) is 0 Å². The monoisotopic (exact) mass is 177 g/mol. The molecule has 0 saturated carbocycles. The fourth-order valence-corrected chi connectivity index (χ4v) is 1.30. The maximum atomic E-state index is 8.61. The van der Waals surface area contributed by atoms with E-state index < -0.39 is 0 Å². The van der Waals surface area contributed by atoms with Gasteiger partial charge in [-0.15, -0.1) is 0 Å². The van der Waals surface area contributed by atoms with Crippen molar-refractivity contribution in [3.8, 4) is 0 Å². The second kappa shape index (κ2) is 2.78. The van der Waals surface area contributed by atoms with E-state index in [4.69, 9.17) is 10.4 Å². The predicted molar refractivity (Wildman–Crippen MR) is 46.2 cm³/mol. The molecule has 5 heteroatoms. The number of amidine groups is 2. The molecule has 0 aromatic heterocycles. The maximum Gasteiger partial charge on any atom is 0.179 e. The van der Waals surface area contributed by atoms with Crippen LogP contribution in [-0.2, 0) is 0 Å². The maximum absolute atomic E-state index is 8.61. The highest BCUT2D eigenvalue weighted by Crippen LogP contribution is 2.15. The summed E-state index contributed by atoms with van der Waals surface area (Å²) in [5.41, 5.74) is 1.44. The topological polar surface area (TPSA) is 77.2 Å². The average Bonchev–Trinajstić information content (AvgIpc) is 2.56. The number of nitrogens with zero attached hydrogens (tertiary/aromatic N) is 2. The molecular weight excluding hydrogens is 170 g/mol. The van der Waals surface area contributed by atoms with Crippen LogP contribution in [0.1, 0.15) is 11.1 Å². The van der Waals surface area contributed by atoms with Crippen LogP contribution in [-0.4, -0.2) is 22.1 Å². The van der Waals surface area contributed by atoms with Crippen LogP contribution in [0, 0.1) is 0 Å². The van der Waals surface area contributed by atoms with Crippen molar-refractivity contribution in [3.05, 3.63) is 35.4 Å². The Balaban J connectivity index is 2.63. The standard InChI is InChI=1S/C8H7N3O2/c12-10-7-5-3-1-2-4-6(5)8(9-7)11-13/h1-4,12-13H,(H,9,10,11). The van der Waals surface area contributed by atoms with Gasteiger partial charge in [0.1, 0.15) is 0 Å². The van der Waals surface area contributed by atoms with Gasteiger partial charge in [-0.2, -0.15) is 0 Å². The van der Waals surface area contributed by atoms with Crippen molar-refractivity contribution >= 4 is 11.7 Å². The van der Waals surface area contributed by atoms with Crippen molar-refractivity contribution in [2.24, 2.45) is 10.3 Å². The lowest BCUT2D eigenvalue weighted by atomic mass is 10.1. The van der Waals surface area contributed by atoms with E-state index >= 15 is 0 Å². The van der Waals surface area contributed by atoms with Gasteiger partial charge in [-0.1, -0.05) is 34.6 Å². The van der Waals surface area contributed by atoms with Gasteiger partial charge in [0, 0.05) is 11.1 Å². The summed E-state index contributed by atoms with van der Waals surface area (Å²) in [5.74, 6) is 0.590. The number of rotatable bonds is 0. The molecule has 0 atom stereocenters. The van der Waals surface area contributed by atoms with Crippen LogP contribution in [0.3, 0.4) is 0 Å². The Bertz CT molecular complexity index is 361. The molecule has 1 aromatic rings. The van der Waals surface area contributed by atoms with Crippen LogP contribution in [0.5, 0.6) is 0 Å². The van der Waals surface area contributed by atoms with E-state index in [1.807, 2.05) is 12.1 Å². The minimum atomic E-state index is 0.295.